The number of carbonyl (C=O) groups is 2. The lowest BCUT2D eigenvalue weighted by molar-refractivity contribution is -0.114. The summed E-state index contributed by atoms with van der Waals surface area (Å²) in [6.45, 7) is 2.02. The van der Waals surface area contributed by atoms with Crippen molar-refractivity contribution in [2.75, 3.05) is 15.2 Å². The van der Waals surface area contributed by atoms with Crippen molar-refractivity contribution in [2.24, 2.45) is 5.10 Å². The van der Waals surface area contributed by atoms with Gasteiger partial charge in [-0.1, -0.05) is 96.2 Å². The first kappa shape index (κ1) is 25.0. The molecule has 0 saturated carbocycles. The van der Waals surface area contributed by atoms with Gasteiger partial charge in [0.15, 0.2) is 5.04 Å². The fraction of sp³-hybridized carbons (Fsp3) is 0.0645. The molecule has 0 aromatic heterocycles. The molecule has 1 unspecified atom stereocenters. The van der Waals surface area contributed by atoms with E-state index >= 15 is 0 Å². The van der Waals surface area contributed by atoms with Crippen molar-refractivity contribution in [3.63, 3.8) is 0 Å². The van der Waals surface area contributed by atoms with E-state index in [1.807, 2.05) is 128 Å². The third kappa shape index (κ3) is 4.84. The normalized spacial score (nSPS) is 19.6. The Bertz CT molecular complexity index is 1580. The van der Waals surface area contributed by atoms with Gasteiger partial charge in [0.1, 0.15) is 0 Å². The highest BCUT2D eigenvalue weighted by molar-refractivity contribution is 8.29. The highest BCUT2D eigenvalue weighted by atomic mass is 32.2. The van der Waals surface area contributed by atoms with E-state index in [2.05, 4.69) is 5.32 Å². The number of benzene rings is 4. The van der Waals surface area contributed by atoms with Crippen molar-refractivity contribution < 1.29 is 9.59 Å². The molecular weight excluding hydrogens is 525 g/mol. The lowest BCUT2D eigenvalue weighted by Crippen LogP contribution is -2.51. The number of thioether (sulfide) groups is 2. The quantitative estimate of drug-likeness (QED) is 0.274. The van der Waals surface area contributed by atoms with Gasteiger partial charge in [-0.25, -0.2) is 5.01 Å². The van der Waals surface area contributed by atoms with E-state index in [4.69, 9.17) is 5.10 Å². The van der Waals surface area contributed by atoms with Gasteiger partial charge >= 0.3 is 0 Å². The van der Waals surface area contributed by atoms with Crippen molar-refractivity contribution in [3.8, 4) is 0 Å². The number of amides is 2. The third-order valence-corrected chi connectivity index (χ3v) is 8.96. The number of rotatable bonds is 5. The molecule has 2 aliphatic rings. The standard InChI is InChI=1S/C31H24N4O2S2/c1-22-17-19-26(20-18-22)35-31(39-29(33-35)28(36)32-24-13-7-3-8-14-24)34(25-15-9-4-10-16-25)30(37)27(38-31)21-23-11-5-2-6-12-23/h2-21H,1H3,(H,32,36)/b27-21+. The van der Waals surface area contributed by atoms with Crippen LogP contribution in [0.4, 0.5) is 17.1 Å². The zero-order chi connectivity index (χ0) is 26.8. The lowest BCUT2D eigenvalue weighted by Gasteiger charge is -2.38. The van der Waals surface area contributed by atoms with Crippen molar-refractivity contribution >= 4 is 63.5 Å². The summed E-state index contributed by atoms with van der Waals surface area (Å²) < 4.78 is -1.09. The second-order valence-electron chi connectivity index (χ2n) is 9.02. The molecule has 6 nitrogen and oxygen atoms in total. The van der Waals surface area contributed by atoms with E-state index in [1.165, 1.54) is 23.5 Å². The minimum Gasteiger partial charge on any atom is -0.320 e. The Labute approximate surface area is 235 Å². The Morgan fingerprint density at radius 1 is 0.795 bits per heavy atom. The Morgan fingerprint density at radius 2 is 1.41 bits per heavy atom. The molecule has 4 aromatic carbocycles. The predicted molar refractivity (Wildman–Crippen MR) is 162 cm³/mol. The van der Waals surface area contributed by atoms with Gasteiger partial charge in [0, 0.05) is 11.4 Å². The number of hydrazone groups is 1. The summed E-state index contributed by atoms with van der Waals surface area (Å²) in [4.78, 5) is 29.9. The number of hydrogen-bond acceptors (Lipinski definition) is 6. The molecule has 1 saturated heterocycles. The summed E-state index contributed by atoms with van der Waals surface area (Å²) in [5.41, 5.74) is 4.19. The smallest absolute Gasteiger partial charge is 0.282 e. The van der Waals surface area contributed by atoms with Gasteiger partial charge in [-0.05, 0) is 66.7 Å². The van der Waals surface area contributed by atoms with Crippen LogP contribution in [-0.4, -0.2) is 21.2 Å². The molecule has 2 aliphatic heterocycles. The topological polar surface area (TPSA) is 65.0 Å². The Kier molecular flexibility index (Phi) is 6.72. The van der Waals surface area contributed by atoms with Crippen molar-refractivity contribution in [1.29, 1.82) is 0 Å². The van der Waals surface area contributed by atoms with Crippen LogP contribution in [0.3, 0.4) is 0 Å². The van der Waals surface area contributed by atoms with Crippen LogP contribution in [0.2, 0.25) is 0 Å². The number of hydrogen-bond donors (Lipinski definition) is 1. The van der Waals surface area contributed by atoms with Crippen molar-refractivity contribution in [1.82, 2.24) is 0 Å². The summed E-state index contributed by atoms with van der Waals surface area (Å²) in [6.07, 6.45) is 1.90. The first-order chi connectivity index (χ1) is 19.0. The van der Waals surface area contributed by atoms with Gasteiger partial charge in [-0.2, -0.15) is 5.10 Å². The molecule has 2 amide bonds. The second kappa shape index (κ2) is 10.5. The van der Waals surface area contributed by atoms with E-state index in [1.54, 1.807) is 9.91 Å². The maximum atomic E-state index is 14.1. The predicted octanol–water partition coefficient (Wildman–Crippen LogP) is 6.93. The zero-order valence-corrected chi connectivity index (χ0v) is 22.7. The molecule has 1 spiro atoms. The Hall–Kier alpha value is -4.27. The van der Waals surface area contributed by atoms with Crippen LogP contribution in [0.5, 0.6) is 0 Å². The molecule has 0 bridgehead atoms. The molecule has 0 aliphatic carbocycles. The molecule has 1 fully saturated rings. The number of para-hydroxylation sites is 2. The lowest BCUT2D eigenvalue weighted by atomic mass is 10.2. The second-order valence-corrected chi connectivity index (χ2v) is 11.7. The van der Waals surface area contributed by atoms with Gasteiger partial charge in [0.25, 0.3) is 11.8 Å². The zero-order valence-electron chi connectivity index (χ0n) is 21.0. The molecule has 4 aromatic rings. The number of anilines is 3. The number of carbonyl (C=O) groups excluding carboxylic acids is 2. The van der Waals surface area contributed by atoms with Gasteiger partial charge in [-0.15, -0.1) is 0 Å². The average molecular weight is 549 g/mol. The van der Waals surface area contributed by atoms with Crippen molar-refractivity contribution in [3.05, 3.63) is 131 Å². The van der Waals surface area contributed by atoms with Gasteiger partial charge in [-0.3, -0.25) is 14.5 Å². The first-order valence-corrected chi connectivity index (χ1v) is 14.0. The molecular formula is C31H24N4O2S2. The minimum atomic E-state index is -1.09. The molecule has 1 atom stereocenters. The van der Waals surface area contributed by atoms with E-state index < -0.39 is 4.33 Å². The monoisotopic (exact) mass is 548 g/mol. The summed E-state index contributed by atoms with van der Waals surface area (Å²) in [6, 6.07) is 36.5. The molecule has 2 heterocycles. The van der Waals surface area contributed by atoms with Crippen LogP contribution >= 0.6 is 23.5 Å². The molecule has 1 N–H and O–H groups in total. The highest BCUT2D eigenvalue weighted by Gasteiger charge is 2.60. The van der Waals surface area contributed by atoms with Gasteiger partial charge in [0.2, 0.25) is 4.33 Å². The highest BCUT2D eigenvalue weighted by Crippen LogP contribution is 2.59. The maximum Gasteiger partial charge on any atom is 0.282 e. The number of nitrogens with one attached hydrogen (secondary N) is 1. The Morgan fingerprint density at radius 3 is 2.08 bits per heavy atom. The molecule has 0 radical (unpaired) electrons. The molecule has 192 valence electrons. The average Bonchev–Trinajstić information content (AvgIpc) is 3.47. The first-order valence-electron chi connectivity index (χ1n) is 12.4. The summed E-state index contributed by atoms with van der Waals surface area (Å²) >= 11 is 2.66. The van der Waals surface area contributed by atoms with E-state index in [-0.39, 0.29) is 16.9 Å². The van der Waals surface area contributed by atoms with Gasteiger partial charge in [0.05, 0.1) is 10.6 Å². The van der Waals surface area contributed by atoms with Crippen molar-refractivity contribution in [2.45, 2.75) is 11.3 Å². The van der Waals surface area contributed by atoms with Gasteiger partial charge < -0.3 is 5.32 Å². The minimum absolute atomic E-state index is 0.153. The van der Waals surface area contributed by atoms with Crippen LogP contribution in [0.1, 0.15) is 11.1 Å². The molecule has 6 rings (SSSR count). The maximum absolute atomic E-state index is 14.1. The van der Waals surface area contributed by atoms with Crippen LogP contribution in [0.25, 0.3) is 6.08 Å². The third-order valence-electron chi connectivity index (χ3n) is 6.24. The fourth-order valence-electron chi connectivity index (χ4n) is 4.37. The van der Waals surface area contributed by atoms with Crippen LogP contribution in [0, 0.1) is 6.92 Å². The fourth-order valence-corrected chi connectivity index (χ4v) is 7.25. The summed E-state index contributed by atoms with van der Waals surface area (Å²) in [5.74, 6) is -0.485. The number of nitrogens with zero attached hydrogens (tertiary/aromatic N) is 3. The van der Waals surface area contributed by atoms with Crippen LogP contribution < -0.4 is 15.2 Å². The van der Waals surface area contributed by atoms with E-state index in [9.17, 15) is 9.59 Å². The molecule has 8 heteroatoms. The Balaban J connectivity index is 1.47. The SMILES string of the molecule is Cc1ccc(N2N=C(C(=O)Nc3ccccc3)SC23S/C(=C/c2ccccc2)C(=O)N3c2ccccc2)cc1. The largest absolute Gasteiger partial charge is 0.320 e. The van der Waals surface area contributed by atoms with Crippen LogP contribution in [0.15, 0.2) is 125 Å². The molecule has 39 heavy (non-hydrogen) atoms. The number of aryl methyl sites for hydroxylation is 1. The van der Waals surface area contributed by atoms with E-state index in [0.717, 1.165) is 22.5 Å². The summed E-state index contributed by atoms with van der Waals surface area (Å²) in [5, 5.41) is 9.83. The van der Waals surface area contributed by atoms with Crippen LogP contribution in [-0.2, 0) is 9.59 Å². The summed E-state index contributed by atoms with van der Waals surface area (Å²) in [7, 11) is 0. The van der Waals surface area contributed by atoms with E-state index in [0.29, 0.717) is 10.6 Å².